The van der Waals surface area contributed by atoms with Gasteiger partial charge < -0.3 is 9.80 Å². The fourth-order valence-electron chi connectivity index (χ4n) is 3.63. The van der Waals surface area contributed by atoms with E-state index in [9.17, 15) is 4.79 Å². The van der Waals surface area contributed by atoms with Crippen LogP contribution >= 0.6 is 0 Å². The smallest absolute Gasteiger partial charge is 0.230 e. The van der Waals surface area contributed by atoms with Crippen LogP contribution in [0.3, 0.4) is 0 Å². The molecule has 114 valence electrons. The maximum absolute atomic E-state index is 12.7. The van der Waals surface area contributed by atoms with E-state index in [4.69, 9.17) is 0 Å². The lowest BCUT2D eigenvalue weighted by atomic mass is 9.85. The second kappa shape index (κ2) is 5.28. The second-order valence-electron chi connectivity index (χ2n) is 6.47. The molecule has 3 heterocycles. The molecule has 5 heteroatoms. The third-order valence-corrected chi connectivity index (χ3v) is 5.08. The Morgan fingerprint density at radius 3 is 2.81 bits per heavy atom. The number of amides is 1. The van der Waals surface area contributed by atoms with E-state index in [2.05, 4.69) is 35.9 Å². The zero-order valence-corrected chi connectivity index (χ0v) is 13.2. The Bertz CT molecular complexity index is 559. The molecular formula is C16H24N4O. The largest absolute Gasteiger partial charge is 0.354 e. The minimum absolute atomic E-state index is 0.174. The van der Waals surface area contributed by atoms with Crippen molar-refractivity contribution in [2.75, 3.05) is 31.1 Å². The molecule has 1 unspecified atom stereocenters. The van der Waals surface area contributed by atoms with Crippen LogP contribution in [-0.4, -0.2) is 47.2 Å². The molecule has 0 bridgehead atoms. The molecule has 0 N–H and O–H groups in total. The Kier molecular flexibility index (Phi) is 3.59. The van der Waals surface area contributed by atoms with E-state index in [-0.39, 0.29) is 5.41 Å². The van der Waals surface area contributed by atoms with Crippen LogP contribution < -0.4 is 4.90 Å². The van der Waals surface area contributed by atoms with Gasteiger partial charge in [-0.25, -0.2) is 0 Å². The third kappa shape index (κ3) is 2.28. The summed E-state index contributed by atoms with van der Waals surface area (Å²) in [6.45, 7) is 9.79. The number of hydrogen-bond donors (Lipinski definition) is 0. The molecule has 0 aromatic carbocycles. The lowest BCUT2D eigenvalue weighted by molar-refractivity contribution is -0.135. The molecule has 1 atom stereocenters. The van der Waals surface area contributed by atoms with Gasteiger partial charge in [-0.2, -0.15) is 5.10 Å². The monoisotopic (exact) mass is 288 g/mol. The maximum Gasteiger partial charge on any atom is 0.230 e. The minimum atomic E-state index is -0.174. The molecule has 1 aromatic rings. The number of aromatic nitrogens is 2. The van der Waals surface area contributed by atoms with Crippen molar-refractivity contribution in [3.8, 4) is 0 Å². The Balaban J connectivity index is 1.80. The summed E-state index contributed by atoms with van der Waals surface area (Å²) in [5.74, 6) is 1.30. The zero-order valence-electron chi connectivity index (χ0n) is 13.2. The molecule has 2 aliphatic rings. The second-order valence-corrected chi connectivity index (χ2v) is 6.47. The van der Waals surface area contributed by atoms with E-state index in [1.807, 2.05) is 4.90 Å². The van der Waals surface area contributed by atoms with Gasteiger partial charge in [0.25, 0.3) is 0 Å². The van der Waals surface area contributed by atoms with Crippen LogP contribution in [0.2, 0.25) is 0 Å². The molecule has 21 heavy (non-hydrogen) atoms. The van der Waals surface area contributed by atoms with E-state index in [0.29, 0.717) is 5.91 Å². The predicted molar refractivity (Wildman–Crippen MR) is 82.3 cm³/mol. The molecular weight excluding hydrogens is 264 g/mol. The fourth-order valence-corrected chi connectivity index (χ4v) is 3.63. The van der Waals surface area contributed by atoms with Crippen molar-refractivity contribution in [1.82, 2.24) is 15.1 Å². The lowest BCUT2D eigenvalue weighted by Crippen LogP contribution is -2.37. The number of nitrogens with zero attached hydrogens (tertiary/aromatic N) is 4. The summed E-state index contributed by atoms with van der Waals surface area (Å²) in [4.78, 5) is 17.0. The highest BCUT2D eigenvalue weighted by atomic mass is 16.2. The third-order valence-electron chi connectivity index (χ3n) is 5.08. The van der Waals surface area contributed by atoms with Crippen molar-refractivity contribution < 1.29 is 4.79 Å². The van der Waals surface area contributed by atoms with Gasteiger partial charge in [-0.05, 0) is 44.2 Å². The average molecular weight is 288 g/mol. The highest BCUT2D eigenvalue weighted by Crippen LogP contribution is 2.42. The van der Waals surface area contributed by atoms with Crippen molar-refractivity contribution in [2.24, 2.45) is 5.41 Å². The fraction of sp³-hybridized carbons (Fsp3) is 0.688. The molecule has 2 aliphatic heterocycles. The molecule has 0 aliphatic carbocycles. The summed E-state index contributed by atoms with van der Waals surface area (Å²) >= 11 is 0. The van der Waals surface area contributed by atoms with Gasteiger partial charge in [0, 0.05) is 26.2 Å². The first kappa shape index (κ1) is 14.3. The number of hydrogen-bond acceptors (Lipinski definition) is 4. The van der Waals surface area contributed by atoms with Gasteiger partial charge in [-0.3, -0.25) is 4.79 Å². The van der Waals surface area contributed by atoms with E-state index in [1.165, 1.54) is 5.56 Å². The first-order valence-corrected chi connectivity index (χ1v) is 7.90. The molecule has 1 amide bonds. The Morgan fingerprint density at radius 1 is 1.29 bits per heavy atom. The number of carbonyl (C=O) groups excluding carboxylic acids is 1. The van der Waals surface area contributed by atoms with Gasteiger partial charge in [-0.15, -0.1) is 5.10 Å². The quantitative estimate of drug-likeness (QED) is 0.853. The van der Waals surface area contributed by atoms with E-state index in [1.54, 1.807) is 6.20 Å². The van der Waals surface area contributed by atoms with Crippen molar-refractivity contribution in [3.05, 3.63) is 17.3 Å². The van der Waals surface area contributed by atoms with Crippen molar-refractivity contribution in [3.63, 3.8) is 0 Å². The lowest BCUT2D eigenvalue weighted by Gasteiger charge is -2.24. The minimum Gasteiger partial charge on any atom is -0.354 e. The van der Waals surface area contributed by atoms with E-state index in [0.717, 1.165) is 56.8 Å². The molecule has 5 nitrogen and oxygen atoms in total. The average Bonchev–Trinajstić information content (AvgIpc) is 3.03. The van der Waals surface area contributed by atoms with Gasteiger partial charge >= 0.3 is 0 Å². The van der Waals surface area contributed by atoms with Crippen molar-refractivity contribution in [2.45, 2.75) is 40.0 Å². The molecule has 2 fully saturated rings. The van der Waals surface area contributed by atoms with Crippen molar-refractivity contribution in [1.29, 1.82) is 0 Å². The Hall–Kier alpha value is -1.65. The predicted octanol–water partition coefficient (Wildman–Crippen LogP) is 1.93. The number of carbonyl (C=O) groups is 1. The summed E-state index contributed by atoms with van der Waals surface area (Å²) in [5.41, 5.74) is 2.16. The van der Waals surface area contributed by atoms with Gasteiger partial charge in [0.2, 0.25) is 5.91 Å². The summed E-state index contributed by atoms with van der Waals surface area (Å²) < 4.78 is 0. The van der Waals surface area contributed by atoms with Crippen LogP contribution in [0.25, 0.3) is 0 Å². The standard InChI is InChI=1S/C16H24N4O/c1-4-7-19-8-5-16(15(19)21)6-9-20(11-16)14-13(3)12(2)10-17-18-14/h10H,4-9,11H2,1-3H3. The molecule has 0 radical (unpaired) electrons. The normalized spacial score (nSPS) is 25.4. The SMILES string of the molecule is CCCN1CCC2(CCN(c3nncc(C)c3C)C2)C1=O. The molecule has 3 rings (SSSR count). The first-order chi connectivity index (χ1) is 10.1. The van der Waals surface area contributed by atoms with Crippen molar-refractivity contribution >= 4 is 11.7 Å². The molecule has 1 spiro atoms. The molecule has 0 saturated carbocycles. The van der Waals surface area contributed by atoms with E-state index < -0.39 is 0 Å². The molecule has 2 saturated heterocycles. The number of aryl methyl sites for hydroxylation is 1. The van der Waals surface area contributed by atoms with Crippen LogP contribution in [0, 0.1) is 19.3 Å². The Labute approximate surface area is 126 Å². The van der Waals surface area contributed by atoms with Crippen LogP contribution in [0.5, 0.6) is 0 Å². The topological polar surface area (TPSA) is 49.3 Å². The highest BCUT2D eigenvalue weighted by Gasteiger charge is 2.50. The number of anilines is 1. The van der Waals surface area contributed by atoms with Gasteiger partial charge in [0.05, 0.1) is 11.6 Å². The summed E-state index contributed by atoms with van der Waals surface area (Å²) in [6, 6.07) is 0. The zero-order chi connectivity index (χ0) is 15.0. The van der Waals surface area contributed by atoms with E-state index >= 15 is 0 Å². The van der Waals surface area contributed by atoms with Gasteiger partial charge in [0.1, 0.15) is 0 Å². The Morgan fingerprint density at radius 2 is 2.05 bits per heavy atom. The van der Waals surface area contributed by atoms with Crippen LogP contribution in [-0.2, 0) is 4.79 Å². The van der Waals surface area contributed by atoms with Crippen LogP contribution in [0.1, 0.15) is 37.3 Å². The van der Waals surface area contributed by atoms with Crippen LogP contribution in [0.15, 0.2) is 6.20 Å². The number of likely N-dealkylation sites (tertiary alicyclic amines) is 1. The maximum atomic E-state index is 12.7. The summed E-state index contributed by atoms with van der Waals surface area (Å²) in [6.07, 6.45) is 4.77. The molecule has 1 aromatic heterocycles. The highest BCUT2D eigenvalue weighted by molar-refractivity contribution is 5.86. The number of rotatable bonds is 3. The summed E-state index contributed by atoms with van der Waals surface area (Å²) in [7, 11) is 0. The van der Waals surface area contributed by atoms with Crippen LogP contribution in [0.4, 0.5) is 5.82 Å². The first-order valence-electron chi connectivity index (χ1n) is 7.90. The van der Waals surface area contributed by atoms with Gasteiger partial charge in [-0.1, -0.05) is 6.92 Å². The van der Waals surface area contributed by atoms with Gasteiger partial charge in [0.15, 0.2) is 5.82 Å². The summed E-state index contributed by atoms with van der Waals surface area (Å²) in [5, 5.41) is 8.39.